The summed E-state index contributed by atoms with van der Waals surface area (Å²) >= 11 is 0. The van der Waals surface area contributed by atoms with Gasteiger partial charge in [-0.2, -0.15) is 0 Å². The zero-order chi connectivity index (χ0) is 11.5. The summed E-state index contributed by atoms with van der Waals surface area (Å²) in [6.45, 7) is 0. The van der Waals surface area contributed by atoms with Gasteiger partial charge in [0.2, 0.25) is 5.76 Å². The van der Waals surface area contributed by atoms with E-state index < -0.39 is 5.97 Å². The number of benzene rings is 1. The molecule has 0 saturated heterocycles. The molecular formula is C12H11NO3. The minimum atomic E-state index is -0.511. The van der Waals surface area contributed by atoms with Crippen LogP contribution >= 0.6 is 0 Å². The second-order valence-electron chi connectivity index (χ2n) is 3.24. The number of ether oxygens (including phenoxy) is 1. The van der Waals surface area contributed by atoms with Gasteiger partial charge < -0.3 is 14.9 Å². The van der Waals surface area contributed by atoms with Crippen LogP contribution in [0.2, 0.25) is 0 Å². The molecule has 0 spiro atoms. The molecule has 0 bridgehead atoms. The van der Waals surface area contributed by atoms with E-state index in [1.165, 1.54) is 13.4 Å². The molecule has 0 fully saturated rings. The van der Waals surface area contributed by atoms with Gasteiger partial charge in [-0.25, -0.2) is 4.79 Å². The van der Waals surface area contributed by atoms with Crippen molar-refractivity contribution in [1.82, 2.24) is 0 Å². The topological polar surface area (TPSA) is 65.5 Å². The monoisotopic (exact) mass is 217 g/mol. The van der Waals surface area contributed by atoms with Gasteiger partial charge in [0.25, 0.3) is 0 Å². The molecule has 4 heteroatoms. The summed E-state index contributed by atoms with van der Waals surface area (Å²) < 4.78 is 9.72. The Kier molecular flexibility index (Phi) is 2.64. The summed E-state index contributed by atoms with van der Waals surface area (Å²) in [6, 6.07) is 8.96. The number of carbonyl (C=O) groups excluding carboxylic acids is 1. The molecule has 2 rings (SSSR count). The fourth-order valence-electron chi connectivity index (χ4n) is 1.51. The first-order valence-electron chi connectivity index (χ1n) is 4.74. The molecule has 82 valence electrons. The third-order valence-electron chi connectivity index (χ3n) is 2.29. The molecule has 0 aliphatic rings. The van der Waals surface area contributed by atoms with Crippen molar-refractivity contribution in [2.24, 2.45) is 0 Å². The number of nitrogen functional groups attached to an aromatic ring is 1. The van der Waals surface area contributed by atoms with Crippen molar-refractivity contribution in [3.63, 3.8) is 0 Å². The van der Waals surface area contributed by atoms with Gasteiger partial charge in [-0.05, 0) is 12.1 Å². The quantitative estimate of drug-likeness (QED) is 0.619. The number of carbonyl (C=O) groups is 1. The molecule has 4 nitrogen and oxygen atoms in total. The Morgan fingerprint density at radius 2 is 2.00 bits per heavy atom. The van der Waals surface area contributed by atoms with Crippen molar-refractivity contribution in [3.8, 4) is 11.1 Å². The molecule has 0 unspecified atom stereocenters. The summed E-state index contributed by atoms with van der Waals surface area (Å²) in [4.78, 5) is 11.4. The molecule has 0 atom stereocenters. The Balaban J connectivity index is 2.53. The van der Waals surface area contributed by atoms with Crippen molar-refractivity contribution < 1.29 is 13.9 Å². The lowest BCUT2D eigenvalue weighted by Gasteiger charge is -2.04. The van der Waals surface area contributed by atoms with Crippen molar-refractivity contribution in [2.75, 3.05) is 12.8 Å². The zero-order valence-electron chi connectivity index (χ0n) is 8.77. The van der Waals surface area contributed by atoms with Crippen LogP contribution in [0.5, 0.6) is 0 Å². The largest absolute Gasteiger partial charge is 0.463 e. The van der Waals surface area contributed by atoms with E-state index in [1.807, 2.05) is 18.2 Å². The van der Waals surface area contributed by atoms with Crippen LogP contribution in [-0.2, 0) is 4.74 Å². The highest BCUT2D eigenvalue weighted by Crippen LogP contribution is 2.29. The number of para-hydroxylation sites is 1. The maximum absolute atomic E-state index is 11.4. The minimum Gasteiger partial charge on any atom is -0.463 e. The van der Waals surface area contributed by atoms with Crippen LogP contribution in [0.1, 0.15) is 10.6 Å². The highest BCUT2D eigenvalue weighted by atomic mass is 16.5. The van der Waals surface area contributed by atoms with Crippen LogP contribution in [0.25, 0.3) is 11.1 Å². The van der Waals surface area contributed by atoms with Gasteiger partial charge in [0.1, 0.15) is 0 Å². The second kappa shape index (κ2) is 4.10. The number of anilines is 1. The number of rotatable bonds is 2. The number of hydrogen-bond acceptors (Lipinski definition) is 4. The molecule has 1 aromatic carbocycles. The van der Waals surface area contributed by atoms with Gasteiger partial charge in [-0.15, -0.1) is 0 Å². The Morgan fingerprint density at radius 1 is 1.25 bits per heavy atom. The molecule has 0 amide bonds. The second-order valence-corrected chi connectivity index (χ2v) is 3.24. The van der Waals surface area contributed by atoms with Crippen LogP contribution in [0.15, 0.2) is 41.0 Å². The molecule has 0 radical (unpaired) electrons. The minimum absolute atomic E-state index is 0.167. The van der Waals surface area contributed by atoms with E-state index >= 15 is 0 Å². The Labute approximate surface area is 92.6 Å². The summed E-state index contributed by atoms with van der Waals surface area (Å²) in [5.74, 6) is -0.344. The first-order valence-corrected chi connectivity index (χ1v) is 4.74. The molecule has 16 heavy (non-hydrogen) atoms. The molecule has 1 heterocycles. The molecule has 2 aromatic rings. The van der Waals surface area contributed by atoms with E-state index in [9.17, 15) is 4.79 Å². The van der Waals surface area contributed by atoms with E-state index in [0.717, 1.165) is 5.56 Å². The van der Waals surface area contributed by atoms with Crippen molar-refractivity contribution in [1.29, 1.82) is 0 Å². The van der Waals surface area contributed by atoms with Gasteiger partial charge >= 0.3 is 5.97 Å². The lowest BCUT2D eigenvalue weighted by Crippen LogP contribution is -2.01. The average molecular weight is 217 g/mol. The van der Waals surface area contributed by atoms with E-state index in [1.54, 1.807) is 12.1 Å². The standard InChI is InChI=1S/C12H11NO3/c1-15-12(14)11-9(6-7-16-11)8-4-2-3-5-10(8)13/h2-7H,13H2,1H3. The van der Waals surface area contributed by atoms with Gasteiger partial charge in [-0.1, -0.05) is 18.2 Å². The van der Waals surface area contributed by atoms with Gasteiger partial charge in [0.15, 0.2) is 0 Å². The Bertz CT molecular complexity index is 516. The lowest BCUT2D eigenvalue weighted by molar-refractivity contribution is 0.0566. The first kappa shape index (κ1) is 10.3. The number of nitrogens with two attached hydrogens (primary N) is 1. The van der Waals surface area contributed by atoms with Crippen LogP contribution in [0.4, 0.5) is 5.69 Å². The Morgan fingerprint density at radius 3 is 2.69 bits per heavy atom. The molecular weight excluding hydrogens is 206 g/mol. The van der Waals surface area contributed by atoms with E-state index in [0.29, 0.717) is 11.3 Å². The predicted octanol–water partition coefficient (Wildman–Crippen LogP) is 2.32. The van der Waals surface area contributed by atoms with E-state index in [4.69, 9.17) is 10.2 Å². The highest BCUT2D eigenvalue weighted by molar-refractivity contribution is 5.96. The maximum atomic E-state index is 11.4. The smallest absolute Gasteiger partial charge is 0.374 e. The summed E-state index contributed by atoms with van der Waals surface area (Å²) in [7, 11) is 1.31. The predicted molar refractivity (Wildman–Crippen MR) is 59.9 cm³/mol. The third kappa shape index (κ3) is 1.65. The molecule has 0 saturated carbocycles. The normalized spacial score (nSPS) is 10.1. The number of furan rings is 1. The highest BCUT2D eigenvalue weighted by Gasteiger charge is 2.18. The maximum Gasteiger partial charge on any atom is 0.374 e. The fourth-order valence-corrected chi connectivity index (χ4v) is 1.51. The molecule has 0 aliphatic carbocycles. The van der Waals surface area contributed by atoms with Gasteiger partial charge in [-0.3, -0.25) is 0 Å². The SMILES string of the molecule is COC(=O)c1occc1-c1ccccc1N. The molecule has 2 N–H and O–H groups in total. The summed E-state index contributed by atoms with van der Waals surface area (Å²) in [6.07, 6.45) is 1.44. The number of hydrogen-bond donors (Lipinski definition) is 1. The lowest BCUT2D eigenvalue weighted by atomic mass is 10.0. The average Bonchev–Trinajstić information content (AvgIpc) is 2.77. The zero-order valence-corrected chi connectivity index (χ0v) is 8.77. The number of esters is 1. The van der Waals surface area contributed by atoms with Crippen molar-refractivity contribution >= 4 is 11.7 Å². The van der Waals surface area contributed by atoms with E-state index in [2.05, 4.69) is 4.74 Å². The van der Waals surface area contributed by atoms with Crippen molar-refractivity contribution in [3.05, 3.63) is 42.4 Å². The van der Waals surface area contributed by atoms with Gasteiger partial charge in [0, 0.05) is 16.8 Å². The summed E-state index contributed by atoms with van der Waals surface area (Å²) in [5.41, 5.74) is 7.82. The van der Waals surface area contributed by atoms with Crippen LogP contribution in [-0.4, -0.2) is 13.1 Å². The summed E-state index contributed by atoms with van der Waals surface area (Å²) in [5, 5.41) is 0. The Hall–Kier alpha value is -2.23. The van der Waals surface area contributed by atoms with Crippen molar-refractivity contribution in [2.45, 2.75) is 0 Å². The van der Waals surface area contributed by atoms with Crippen LogP contribution in [0, 0.1) is 0 Å². The fraction of sp³-hybridized carbons (Fsp3) is 0.0833. The van der Waals surface area contributed by atoms with Gasteiger partial charge in [0.05, 0.1) is 13.4 Å². The number of methoxy groups -OCH3 is 1. The third-order valence-corrected chi connectivity index (χ3v) is 2.29. The first-order chi connectivity index (χ1) is 7.74. The van der Waals surface area contributed by atoms with Crippen LogP contribution in [0.3, 0.4) is 0 Å². The molecule has 0 aliphatic heterocycles. The van der Waals surface area contributed by atoms with E-state index in [-0.39, 0.29) is 5.76 Å². The van der Waals surface area contributed by atoms with Crippen LogP contribution < -0.4 is 5.73 Å². The molecule has 1 aromatic heterocycles.